The van der Waals surface area contributed by atoms with Crippen molar-refractivity contribution in [2.24, 2.45) is 0 Å². The van der Waals surface area contributed by atoms with Crippen LogP contribution in [-0.2, 0) is 16.0 Å². The Morgan fingerprint density at radius 2 is 2.27 bits per heavy atom. The van der Waals surface area contributed by atoms with Gasteiger partial charge < -0.3 is 4.74 Å². The predicted octanol–water partition coefficient (Wildman–Crippen LogP) is 2.40. The molecule has 4 heteroatoms. The zero-order chi connectivity index (χ0) is 10.7. The van der Waals surface area contributed by atoms with E-state index in [0.717, 1.165) is 11.1 Å². The minimum absolute atomic E-state index is 0.241. The number of carbonyl (C=O) groups is 1. The fourth-order valence-electron chi connectivity index (χ4n) is 1.41. The number of fused-ring (bicyclic) bond motifs is 1. The van der Waals surface area contributed by atoms with Crippen LogP contribution in [0.5, 0.6) is 0 Å². The molecule has 0 unspecified atom stereocenters. The summed E-state index contributed by atoms with van der Waals surface area (Å²) in [5.41, 5.74) is 1.01. The molecular formula is C11H11NO2S. The number of rotatable bonds is 3. The molecule has 15 heavy (non-hydrogen) atoms. The summed E-state index contributed by atoms with van der Waals surface area (Å²) in [6, 6.07) is 8.08. The first kappa shape index (κ1) is 10.1. The summed E-state index contributed by atoms with van der Waals surface area (Å²) in [6.45, 7) is 1.82. The van der Waals surface area contributed by atoms with Gasteiger partial charge in [0.2, 0.25) is 0 Å². The molecular weight excluding hydrogens is 210 g/mol. The lowest BCUT2D eigenvalue weighted by atomic mass is 10.2. The van der Waals surface area contributed by atoms with Gasteiger partial charge in [-0.2, -0.15) is 4.37 Å². The van der Waals surface area contributed by atoms with Gasteiger partial charge in [-0.05, 0) is 17.6 Å². The normalized spacial score (nSPS) is 10.5. The summed E-state index contributed by atoms with van der Waals surface area (Å²) in [5, 5.41) is 1.16. The van der Waals surface area contributed by atoms with Crippen molar-refractivity contribution in [1.29, 1.82) is 0 Å². The summed E-state index contributed by atoms with van der Waals surface area (Å²) >= 11 is 1.48. The number of esters is 1. The molecule has 1 heterocycles. The third-order valence-electron chi connectivity index (χ3n) is 2.10. The number of ether oxygens (including phenoxy) is 1. The van der Waals surface area contributed by atoms with E-state index in [1.807, 2.05) is 24.3 Å². The summed E-state index contributed by atoms with van der Waals surface area (Å²) in [7, 11) is 0. The lowest BCUT2D eigenvalue weighted by Gasteiger charge is -1.99. The summed E-state index contributed by atoms with van der Waals surface area (Å²) in [5.74, 6) is -0.241. The number of carbonyl (C=O) groups excluding carboxylic acids is 1. The molecule has 2 rings (SSSR count). The highest BCUT2D eigenvalue weighted by atomic mass is 32.1. The monoisotopic (exact) mass is 221 g/mol. The van der Waals surface area contributed by atoms with Crippen molar-refractivity contribution in [3.8, 4) is 0 Å². The molecule has 0 saturated heterocycles. The molecule has 0 spiro atoms. The maximum atomic E-state index is 10.6. The Bertz CT molecular complexity index is 478. The van der Waals surface area contributed by atoms with Gasteiger partial charge in [0.1, 0.15) is 0 Å². The Kier molecular flexibility index (Phi) is 2.97. The van der Waals surface area contributed by atoms with Crippen LogP contribution in [-0.4, -0.2) is 16.9 Å². The molecule has 0 aliphatic heterocycles. The third-order valence-corrected chi connectivity index (χ3v) is 2.96. The maximum absolute atomic E-state index is 10.6. The molecule has 0 fully saturated rings. The fraction of sp³-hybridized carbons (Fsp3) is 0.273. The molecule has 1 aromatic heterocycles. The summed E-state index contributed by atoms with van der Waals surface area (Å²) < 4.78 is 10.4. The molecule has 0 bridgehead atoms. The average molecular weight is 221 g/mol. The number of benzene rings is 1. The Morgan fingerprint density at radius 1 is 1.47 bits per heavy atom. The highest BCUT2D eigenvalue weighted by Gasteiger charge is 2.05. The van der Waals surface area contributed by atoms with Crippen LogP contribution in [0, 0.1) is 0 Å². The zero-order valence-corrected chi connectivity index (χ0v) is 9.21. The van der Waals surface area contributed by atoms with Crippen molar-refractivity contribution in [3.63, 3.8) is 0 Å². The average Bonchev–Trinajstić information content (AvgIpc) is 2.62. The second kappa shape index (κ2) is 4.40. The van der Waals surface area contributed by atoms with Crippen molar-refractivity contribution < 1.29 is 9.53 Å². The Balaban J connectivity index is 2.11. The van der Waals surface area contributed by atoms with Crippen LogP contribution in [0.15, 0.2) is 24.3 Å². The Hall–Kier alpha value is -1.42. The SMILES string of the molecule is CC(=O)OCCc1nsc2ccccc12. The summed E-state index contributed by atoms with van der Waals surface area (Å²) in [6.07, 6.45) is 0.684. The number of nitrogens with zero attached hydrogens (tertiary/aromatic N) is 1. The minimum Gasteiger partial charge on any atom is -0.465 e. The van der Waals surface area contributed by atoms with Crippen molar-refractivity contribution in [2.45, 2.75) is 13.3 Å². The van der Waals surface area contributed by atoms with Gasteiger partial charge in [-0.1, -0.05) is 18.2 Å². The van der Waals surface area contributed by atoms with Gasteiger partial charge in [-0.3, -0.25) is 4.79 Å². The number of aromatic nitrogens is 1. The van der Waals surface area contributed by atoms with Crippen LogP contribution in [0.2, 0.25) is 0 Å². The second-order valence-corrected chi connectivity index (χ2v) is 4.02. The van der Waals surface area contributed by atoms with Crippen LogP contribution in [0.1, 0.15) is 12.6 Å². The first-order valence-corrected chi connectivity index (χ1v) is 5.51. The fourth-order valence-corrected chi connectivity index (χ4v) is 2.23. The number of hydrogen-bond acceptors (Lipinski definition) is 4. The molecule has 0 N–H and O–H groups in total. The van der Waals surface area contributed by atoms with Crippen LogP contribution >= 0.6 is 11.5 Å². The van der Waals surface area contributed by atoms with Gasteiger partial charge in [0.15, 0.2) is 0 Å². The second-order valence-electron chi connectivity index (χ2n) is 3.22. The van der Waals surface area contributed by atoms with Crippen molar-refractivity contribution in [3.05, 3.63) is 30.0 Å². The van der Waals surface area contributed by atoms with E-state index in [-0.39, 0.29) is 5.97 Å². The lowest BCUT2D eigenvalue weighted by molar-refractivity contribution is -0.140. The molecule has 78 valence electrons. The molecule has 1 aromatic carbocycles. The molecule has 2 aromatic rings. The molecule has 0 saturated carbocycles. The maximum Gasteiger partial charge on any atom is 0.302 e. The van der Waals surface area contributed by atoms with Crippen molar-refractivity contribution >= 4 is 27.6 Å². The standard InChI is InChI=1S/C11H11NO2S/c1-8(13)14-7-6-10-9-4-2-3-5-11(9)15-12-10/h2-5H,6-7H2,1H3. The highest BCUT2D eigenvalue weighted by Crippen LogP contribution is 2.22. The van der Waals surface area contributed by atoms with E-state index in [2.05, 4.69) is 4.37 Å². The zero-order valence-electron chi connectivity index (χ0n) is 8.40. The van der Waals surface area contributed by atoms with Gasteiger partial charge in [0.05, 0.1) is 17.0 Å². The minimum atomic E-state index is -0.241. The van der Waals surface area contributed by atoms with E-state index in [0.29, 0.717) is 13.0 Å². The molecule has 0 atom stereocenters. The van der Waals surface area contributed by atoms with Crippen molar-refractivity contribution in [2.75, 3.05) is 6.61 Å². The van der Waals surface area contributed by atoms with E-state index in [4.69, 9.17) is 4.74 Å². The van der Waals surface area contributed by atoms with Crippen LogP contribution in [0.3, 0.4) is 0 Å². The Labute approximate surface area is 91.8 Å². The number of hydrogen-bond donors (Lipinski definition) is 0. The topological polar surface area (TPSA) is 39.2 Å². The Morgan fingerprint density at radius 3 is 3.07 bits per heavy atom. The molecule has 0 amide bonds. The third kappa shape index (κ3) is 2.33. The largest absolute Gasteiger partial charge is 0.465 e. The van der Waals surface area contributed by atoms with E-state index in [1.165, 1.54) is 23.2 Å². The molecule has 0 aliphatic rings. The lowest BCUT2D eigenvalue weighted by Crippen LogP contribution is -2.03. The van der Waals surface area contributed by atoms with Crippen LogP contribution in [0.4, 0.5) is 0 Å². The van der Waals surface area contributed by atoms with E-state index >= 15 is 0 Å². The van der Waals surface area contributed by atoms with E-state index in [9.17, 15) is 4.79 Å². The molecule has 0 aliphatic carbocycles. The quantitative estimate of drug-likeness (QED) is 0.747. The molecule has 0 radical (unpaired) electrons. The van der Waals surface area contributed by atoms with E-state index in [1.54, 1.807) is 0 Å². The smallest absolute Gasteiger partial charge is 0.302 e. The first-order chi connectivity index (χ1) is 7.27. The van der Waals surface area contributed by atoms with E-state index < -0.39 is 0 Å². The highest BCUT2D eigenvalue weighted by molar-refractivity contribution is 7.13. The first-order valence-electron chi connectivity index (χ1n) is 4.74. The molecule has 3 nitrogen and oxygen atoms in total. The van der Waals surface area contributed by atoms with Gasteiger partial charge in [-0.25, -0.2) is 0 Å². The van der Waals surface area contributed by atoms with Gasteiger partial charge in [0.25, 0.3) is 0 Å². The van der Waals surface area contributed by atoms with Gasteiger partial charge in [0, 0.05) is 18.7 Å². The van der Waals surface area contributed by atoms with Crippen LogP contribution < -0.4 is 0 Å². The van der Waals surface area contributed by atoms with Gasteiger partial charge >= 0.3 is 5.97 Å². The summed E-state index contributed by atoms with van der Waals surface area (Å²) in [4.78, 5) is 10.6. The van der Waals surface area contributed by atoms with Crippen molar-refractivity contribution in [1.82, 2.24) is 4.37 Å². The predicted molar refractivity (Wildman–Crippen MR) is 60.0 cm³/mol. The van der Waals surface area contributed by atoms with Gasteiger partial charge in [-0.15, -0.1) is 0 Å². The van der Waals surface area contributed by atoms with Crippen LogP contribution in [0.25, 0.3) is 10.1 Å².